The standard InChI is InChI=1S/C21H21BrO2/c22-17-12-10-16(11-13-17)21(24)14-19(15-6-2-1-3-7-15)18-8-4-5-9-20(18)23/h1-3,6-7,10-13,18-19H,4-5,8-9,14H2. The van der Waals surface area contributed by atoms with Gasteiger partial charge in [0.1, 0.15) is 5.78 Å². The Bertz CT molecular complexity index is 706. The van der Waals surface area contributed by atoms with Crippen LogP contribution in [0.1, 0.15) is 53.9 Å². The van der Waals surface area contributed by atoms with Gasteiger partial charge < -0.3 is 0 Å². The van der Waals surface area contributed by atoms with E-state index in [9.17, 15) is 9.59 Å². The largest absolute Gasteiger partial charge is 0.299 e. The van der Waals surface area contributed by atoms with Gasteiger partial charge in [-0.15, -0.1) is 0 Å². The van der Waals surface area contributed by atoms with Gasteiger partial charge in [0, 0.05) is 34.7 Å². The van der Waals surface area contributed by atoms with Gasteiger partial charge >= 0.3 is 0 Å². The molecule has 1 aliphatic carbocycles. The van der Waals surface area contributed by atoms with E-state index in [1.807, 2.05) is 54.6 Å². The Balaban J connectivity index is 1.85. The summed E-state index contributed by atoms with van der Waals surface area (Å²) in [5.41, 5.74) is 1.81. The highest BCUT2D eigenvalue weighted by Crippen LogP contribution is 2.37. The Morgan fingerprint density at radius 1 is 1.04 bits per heavy atom. The summed E-state index contributed by atoms with van der Waals surface area (Å²) in [6.45, 7) is 0. The molecule has 1 saturated carbocycles. The summed E-state index contributed by atoms with van der Waals surface area (Å²) in [6.07, 6.45) is 4.00. The van der Waals surface area contributed by atoms with Crippen molar-refractivity contribution in [3.8, 4) is 0 Å². The van der Waals surface area contributed by atoms with Gasteiger partial charge in [-0.2, -0.15) is 0 Å². The molecule has 0 bridgehead atoms. The second kappa shape index (κ2) is 7.89. The molecule has 124 valence electrons. The number of hydrogen-bond donors (Lipinski definition) is 0. The van der Waals surface area contributed by atoms with E-state index in [1.165, 1.54) is 0 Å². The Hall–Kier alpha value is -1.74. The predicted molar refractivity (Wildman–Crippen MR) is 99.2 cm³/mol. The van der Waals surface area contributed by atoms with Crippen LogP contribution >= 0.6 is 15.9 Å². The molecule has 2 atom stereocenters. The lowest BCUT2D eigenvalue weighted by molar-refractivity contribution is -0.125. The molecule has 0 amide bonds. The number of benzene rings is 2. The van der Waals surface area contributed by atoms with E-state index in [4.69, 9.17) is 0 Å². The first kappa shape index (κ1) is 17.1. The predicted octanol–water partition coefficient (Wildman–Crippen LogP) is 5.57. The van der Waals surface area contributed by atoms with Crippen LogP contribution in [-0.4, -0.2) is 11.6 Å². The number of hydrogen-bond acceptors (Lipinski definition) is 2. The molecule has 3 heteroatoms. The first-order chi connectivity index (χ1) is 11.6. The average molecular weight is 385 g/mol. The Morgan fingerprint density at radius 2 is 1.75 bits per heavy atom. The number of Topliss-reactive ketones (excluding diaryl/α,β-unsaturated/α-hetero) is 2. The topological polar surface area (TPSA) is 34.1 Å². The molecule has 2 unspecified atom stereocenters. The van der Waals surface area contributed by atoms with Crippen LogP contribution in [0.3, 0.4) is 0 Å². The summed E-state index contributed by atoms with van der Waals surface area (Å²) in [6, 6.07) is 17.5. The van der Waals surface area contributed by atoms with Crippen LogP contribution in [0.25, 0.3) is 0 Å². The highest BCUT2D eigenvalue weighted by molar-refractivity contribution is 9.10. The Morgan fingerprint density at radius 3 is 2.42 bits per heavy atom. The average Bonchev–Trinajstić information content (AvgIpc) is 2.61. The van der Waals surface area contributed by atoms with E-state index < -0.39 is 0 Å². The molecule has 3 rings (SSSR count). The van der Waals surface area contributed by atoms with Crippen LogP contribution < -0.4 is 0 Å². The Labute approximate surface area is 151 Å². The van der Waals surface area contributed by atoms with Gasteiger partial charge in [0.05, 0.1) is 0 Å². The molecule has 0 saturated heterocycles. The van der Waals surface area contributed by atoms with Crippen molar-refractivity contribution < 1.29 is 9.59 Å². The fraction of sp³-hybridized carbons (Fsp3) is 0.333. The lowest BCUT2D eigenvalue weighted by atomic mass is 9.73. The van der Waals surface area contributed by atoms with Crippen LogP contribution in [0.15, 0.2) is 59.1 Å². The summed E-state index contributed by atoms with van der Waals surface area (Å²) in [5, 5.41) is 0. The SMILES string of the molecule is O=C(CC(c1ccccc1)C1CCCCC1=O)c1ccc(Br)cc1. The fourth-order valence-electron chi connectivity index (χ4n) is 3.58. The number of carbonyl (C=O) groups excluding carboxylic acids is 2. The summed E-state index contributed by atoms with van der Waals surface area (Å²) in [5.74, 6) is 0.379. The lowest BCUT2D eigenvalue weighted by Gasteiger charge is -2.29. The number of halogens is 1. The van der Waals surface area contributed by atoms with E-state index in [1.54, 1.807) is 0 Å². The van der Waals surface area contributed by atoms with Gasteiger partial charge in [-0.3, -0.25) is 9.59 Å². The minimum absolute atomic E-state index is 0.0184. The minimum atomic E-state index is -0.0273. The molecule has 0 spiro atoms. The van der Waals surface area contributed by atoms with Gasteiger partial charge in [0.25, 0.3) is 0 Å². The van der Waals surface area contributed by atoms with Gasteiger partial charge in [0.2, 0.25) is 0 Å². The van der Waals surface area contributed by atoms with E-state index >= 15 is 0 Å². The van der Waals surface area contributed by atoms with Gasteiger partial charge in [-0.05, 0) is 30.5 Å². The minimum Gasteiger partial charge on any atom is -0.299 e. The molecule has 0 aromatic heterocycles. The van der Waals surface area contributed by atoms with Crippen LogP contribution in [0.5, 0.6) is 0 Å². The first-order valence-corrected chi connectivity index (χ1v) is 9.31. The molecule has 2 nitrogen and oxygen atoms in total. The van der Waals surface area contributed by atoms with E-state index in [0.29, 0.717) is 24.2 Å². The van der Waals surface area contributed by atoms with E-state index in [2.05, 4.69) is 15.9 Å². The highest BCUT2D eigenvalue weighted by Gasteiger charge is 2.32. The summed E-state index contributed by atoms with van der Waals surface area (Å²) in [7, 11) is 0. The molecule has 0 aliphatic heterocycles. The van der Waals surface area contributed by atoms with Crippen LogP contribution in [0.4, 0.5) is 0 Å². The molecule has 1 fully saturated rings. The molecule has 0 heterocycles. The van der Waals surface area contributed by atoms with E-state index in [-0.39, 0.29) is 17.6 Å². The Kier molecular flexibility index (Phi) is 5.62. The molecule has 0 N–H and O–H groups in total. The van der Waals surface area contributed by atoms with Crippen LogP contribution in [-0.2, 0) is 4.79 Å². The van der Waals surface area contributed by atoms with Crippen LogP contribution in [0, 0.1) is 5.92 Å². The van der Waals surface area contributed by atoms with Crippen molar-refractivity contribution in [1.82, 2.24) is 0 Å². The quantitative estimate of drug-likeness (QED) is 0.631. The molecule has 1 aliphatic rings. The van der Waals surface area contributed by atoms with Crippen molar-refractivity contribution in [3.05, 3.63) is 70.2 Å². The molecule has 2 aromatic rings. The first-order valence-electron chi connectivity index (χ1n) is 8.51. The van der Waals surface area contributed by atoms with Crippen molar-refractivity contribution in [2.45, 2.75) is 38.0 Å². The summed E-state index contributed by atoms with van der Waals surface area (Å²) >= 11 is 3.40. The van der Waals surface area contributed by atoms with Gasteiger partial charge in [-0.25, -0.2) is 0 Å². The summed E-state index contributed by atoms with van der Waals surface area (Å²) in [4.78, 5) is 25.2. The molecule has 0 radical (unpaired) electrons. The molecular formula is C21H21BrO2. The zero-order valence-electron chi connectivity index (χ0n) is 13.6. The maximum Gasteiger partial charge on any atom is 0.163 e. The molecular weight excluding hydrogens is 364 g/mol. The van der Waals surface area contributed by atoms with Crippen molar-refractivity contribution in [2.24, 2.45) is 5.92 Å². The smallest absolute Gasteiger partial charge is 0.163 e. The van der Waals surface area contributed by atoms with Gasteiger partial charge in [0.15, 0.2) is 5.78 Å². The summed E-state index contributed by atoms with van der Waals surface area (Å²) < 4.78 is 0.959. The third-order valence-corrected chi connectivity index (χ3v) is 5.42. The van der Waals surface area contributed by atoms with Crippen molar-refractivity contribution in [3.63, 3.8) is 0 Å². The number of ketones is 2. The second-order valence-electron chi connectivity index (χ2n) is 6.47. The zero-order valence-corrected chi connectivity index (χ0v) is 15.2. The lowest BCUT2D eigenvalue weighted by Crippen LogP contribution is -2.27. The molecule has 24 heavy (non-hydrogen) atoms. The maximum absolute atomic E-state index is 12.8. The zero-order chi connectivity index (χ0) is 16.9. The van der Waals surface area contributed by atoms with Crippen molar-refractivity contribution in [2.75, 3.05) is 0 Å². The van der Waals surface area contributed by atoms with Crippen LogP contribution in [0.2, 0.25) is 0 Å². The normalized spacial score (nSPS) is 19.0. The third-order valence-electron chi connectivity index (χ3n) is 4.89. The monoisotopic (exact) mass is 384 g/mol. The third kappa shape index (κ3) is 4.02. The maximum atomic E-state index is 12.8. The second-order valence-corrected chi connectivity index (χ2v) is 7.39. The highest BCUT2D eigenvalue weighted by atomic mass is 79.9. The number of carbonyl (C=O) groups is 2. The van der Waals surface area contributed by atoms with Crippen molar-refractivity contribution >= 4 is 27.5 Å². The van der Waals surface area contributed by atoms with Crippen molar-refractivity contribution in [1.29, 1.82) is 0 Å². The fourth-order valence-corrected chi connectivity index (χ4v) is 3.85. The van der Waals surface area contributed by atoms with Gasteiger partial charge in [-0.1, -0.05) is 64.8 Å². The number of rotatable bonds is 5. The van der Waals surface area contributed by atoms with E-state index in [0.717, 1.165) is 29.3 Å². The molecule has 2 aromatic carbocycles.